The predicted octanol–water partition coefficient (Wildman–Crippen LogP) is 2.99. The summed E-state index contributed by atoms with van der Waals surface area (Å²) in [6, 6.07) is 0. The highest BCUT2D eigenvalue weighted by molar-refractivity contribution is 4.47. The molecule has 3 nitrogen and oxygen atoms in total. The number of ether oxygens (including phenoxy) is 2. The first-order chi connectivity index (χ1) is 8.41. The molecule has 1 N–H and O–H groups in total. The Labute approximate surface area is 107 Å². The van der Waals surface area contributed by atoms with Gasteiger partial charge < -0.3 is 14.8 Å². The third kappa shape index (κ3) is 15.9. The molecule has 0 aliphatic carbocycles. The van der Waals surface area contributed by atoms with Crippen LogP contribution in [0.15, 0.2) is 0 Å². The second kappa shape index (κ2) is 15.9. The molecule has 0 aromatic rings. The van der Waals surface area contributed by atoms with E-state index in [0.717, 1.165) is 45.9 Å². The Morgan fingerprint density at radius 3 is 2.00 bits per heavy atom. The van der Waals surface area contributed by atoms with E-state index in [1.54, 1.807) is 0 Å². The first-order valence-corrected chi connectivity index (χ1v) is 7.28. The Hall–Kier alpha value is -0.120. The molecule has 0 radical (unpaired) electrons. The van der Waals surface area contributed by atoms with Crippen LogP contribution in [0.25, 0.3) is 0 Å². The van der Waals surface area contributed by atoms with Crippen LogP contribution in [0.3, 0.4) is 0 Å². The molecule has 0 spiro atoms. The van der Waals surface area contributed by atoms with E-state index in [1.807, 2.05) is 0 Å². The van der Waals surface area contributed by atoms with Gasteiger partial charge in [0, 0.05) is 13.2 Å². The molecule has 0 saturated heterocycles. The minimum atomic E-state index is 0.748. The molecule has 0 saturated carbocycles. The lowest BCUT2D eigenvalue weighted by Gasteiger charge is -2.06. The predicted molar refractivity (Wildman–Crippen MR) is 73.6 cm³/mol. The van der Waals surface area contributed by atoms with Gasteiger partial charge in [-0.05, 0) is 45.2 Å². The van der Waals surface area contributed by atoms with Gasteiger partial charge in [0.2, 0.25) is 0 Å². The van der Waals surface area contributed by atoms with Crippen LogP contribution in [0.1, 0.15) is 52.4 Å². The summed E-state index contributed by atoms with van der Waals surface area (Å²) in [5.74, 6) is 0. The van der Waals surface area contributed by atoms with Crippen molar-refractivity contribution >= 4 is 0 Å². The molecule has 17 heavy (non-hydrogen) atoms. The van der Waals surface area contributed by atoms with Gasteiger partial charge in [-0.25, -0.2) is 0 Å². The summed E-state index contributed by atoms with van der Waals surface area (Å²) < 4.78 is 10.9. The van der Waals surface area contributed by atoms with Crippen molar-refractivity contribution in [1.82, 2.24) is 5.32 Å². The Kier molecular flexibility index (Phi) is 15.8. The fraction of sp³-hybridized carbons (Fsp3) is 1.00. The Morgan fingerprint density at radius 2 is 1.35 bits per heavy atom. The molecule has 0 fully saturated rings. The maximum atomic E-state index is 5.50. The molecule has 0 bridgehead atoms. The highest BCUT2D eigenvalue weighted by Crippen LogP contribution is 1.95. The molecular weight excluding hydrogens is 214 g/mol. The van der Waals surface area contributed by atoms with Crippen molar-refractivity contribution in [3.8, 4) is 0 Å². The fourth-order valence-electron chi connectivity index (χ4n) is 1.50. The van der Waals surface area contributed by atoms with Gasteiger partial charge >= 0.3 is 0 Å². The Bertz CT molecular complexity index is 117. The van der Waals surface area contributed by atoms with Gasteiger partial charge in [0.15, 0.2) is 0 Å². The quantitative estimate of drug-likeness (QED) is 0.477. The molecule has 0 aliphatic heterocycles. The molecule has 0 aromatic carbocycles. The van der Waals surface area contributed by atoms with E-state index in [9.17, 15) is 0 Å². The summed E-state index contributed by atoms with van der Waals surface area (Å²) >= 11 is 0. The van der Waals surface area contributed by atoms with Crippen LogP contribution in [0.2, 0.25) is 0 Å². The van der Waals surface area contributed by atoms with Crippen LogP contribution in [0, 0.1) is 0 Å². The van der Waals surface area contributed by atoms with Gasteiger partial charge in [-0.1, -0.05) is 20.3 Å². The van der Waals surface area contributed by atoms with Crippen LogP contribution in [-0.4, -0.2) is 39.5 Å². The lowest BCUT2D eigenvalue weighted by Crippen LogP contribution is -2.15. The van der Waals surface area contributed by atoms with Crippen molar-refractivity contribution < 1.29 is 9.47 Å². The summed E-state index contributed by atoms with van der Waals surface area (Å²) in [7, 11) is 0. The second-order valence-corrected chi connectivity index (χ2v) is 4.39. The minimum absolute atomic E-state index is 0.748. The van der Waals surface area contributed by atoms with E-state index in [2.05, 4.69) is 19.2 Å². The number of rotatable bonds is 14. The zero-order valence-corrected chi connectivity index (χ0v) is 11.8. The normalized spacial score (nSPS) is 10.9. The number of nitrogens with one attached hydrogen (secondary N) is 1. The van der Waals surface area contributed by atoms with Gasteiger partial charge in [0.25, 0.3) is 0 Å². The summed E-state index contributed by atoms with van der Waals surface area (Å²) in [6.45, 7) is 9.92. The van der Waals surface area contributed by atoms with E-state index in [4.69, 9.17) is 9.47 Å². The van der Waals surface area contributed by atoms with Crippen molar-refractivity contribution in [2.24, 2.45) is 0 Å². The van der Waals surface area contributed by atoms with Gasteiger partial charge in [0.05, 0.1) is 13.2 Å². The third-order valence-electron chi connectivity index (χ3n) is 2.58. The summed E-state index contributed by atoms with van der Waals surface area (Å²) in [5, 5.41) is 3.40. The first-order valence-electron chi connectivity index (χ1n) is 7.28. The van der Waals surface area contributed by atoms with Crippen LogP contribution in [-0.2, 0) is 9.47 Å². The van der Waals surface area contributed by atoms with Crippen molar-refractivity contribution in [3.05, 3.63) is 0 Å². The zero-order valence-electron chi connectivity index (χ0n) is 11.8. The average Bonchev–Trinajstić information content (AvgIpc) is 2.35. The van der Waals surface area contributed by atoms with E-state index in [1.165, 1.54) is 32.1 Å². The summed E-state index contributed by atoms with van der Waals surface area (Å²) in [4.78, 5) is 0. The molecule has 0 unspecified atom stereocenters. The third-order valence-corrected chi connectivity index (χ3v) is 2.58. The number of hydrogen-bond donors (Lipinski definition) is 1. The molecule has 0 amide bonds. The molecular formula is C14H31NO2. The largest absolute Gasteiger partial charge is 0.379 e. The topological polar surface area (TPSA) is 30.5 Å². The van der Waals surface area contributed by atoms with Gasteiger partial charge in [-0.3, -0.25) is 0 Å². The Morgan fingerprint density at radius 1 is 0.647 bits per heavy atom. The minimum Gasteiger partial charge on any atom is -0.379 e. The van der Waals surface area contributed by atoms with E-state index in [0.29, 0.717) is 0 Å². The zero-order chi connectivity index (χ0) is 12.6. The standard InChI is InChI=1S/C14H31NO2/c1-3-5-11-16-13-14-17-12-8-6-7-10-15-9-4-2/h15H,3-14H2,1-2H3. The fourth-order valence-corrected chi connectivity index (χ4v) is 1.50. The molecule has 0 aliphatic rings. The SMILES string of the molecule is CCCCOCCOCCCCCNCCC. The Balaban J connectivity index is 2.85. The lowest BCUT2D eigenvalue weighted by molar-refractivity contribution is 0.0453. The summed E-state index contributed by atoms with van der Waals surface area (Å²) in [6.07, 6.45) is 7.27. The maximum Gasteiger partial charge on any atom is 0.0700 e. The van der Waals surface area contributed by atoms with Crippen molar-refractivity contribution in [3.63, 3.8) is 0 Å². The average molecular weight is 245 g/mol. The lowest BCUT2D eigenvalue weighted by atomic mass is 10.2. The van der Waals surface area contributed by atoms with E-state index < -0.39 is 0 Å². The highest BCUT2D eigenvalue weighted by Gasteiger charge is 1.92. The molecule has 0 atom stereocenters. The summed E-state index contributed by atoms with van der Waals surface area (Å²) in [5.41, 5.74) is 0. The van der Waals surface area contributed by atoms with Crippen LogP contribution in [0.5, 0.6) is 0 Å². The van der Waals surface area contributed by atoms with E-state index >= 15 is 0 Å². The molecule has 0 heterocycles. The smallest absolute Gasteiger partial charge is 0.0700 e. The maximum absolute atomic E-state index is 5.50. The molecule has 0 rings (SSSR count). The van der Waals surface area contributed by atoms with Crippen LogP contribution >= 0.6 is 0 Å². The van der Waals surface area contributed by atoms with Crippen molar-refractivity contribution in [2.75, 3.05) is 39.5 Å². The molecule has 104 valence electrons. The first kappa shape index (κ1) is 16.9. The number of unbranched alkanes of at least 4 members (excludes halogenated alkanes) is 3. The molecule has 0 aromatic heterocycles. The molecule has 3 heteroatoms. The number of hydrogen-bond acceptors (Lipinski definition) is 3. The van der Waals surface area contributed by atoms with Gasteiger partial charge in [-0.15, -0.1) is 0 Å². The van der Waals surface area contributed by atoms with Gasteiger partial charge in [0.1, 0.15) is 0 Å². The van der Waals surface area contributed by atoms with Gasteiger partial charge in [-0.2, -0.15) is 0 Å². The van der Waals surface area contributed by atoms with E-state index in [-0.39, 0.29) is 0 Å². The second-order valence-electron chi connectivity index (χ2n) is 4.39. The van der Waals surface area contributed by atoms with Crippen molar-refractivity contribution in [2.45, 2.75) is 52.4 Å². The van der Waals surface area contributed by atoms with Crippen LogP contribution < -0.4 is 5.32 Å². The highest BCUT2D eigenvalue weighted by atomic mass is 16.5. The monoisotopic (exact) mass is 245 g/mol. The van der Waals surface area contributed by atoms with Crippen LogP contribution in [0.4, 0.5) is 0 Å². The van der Waals surface area contributed by atoms with Crippen molar-refractivity contribution in [1.29, 1.82) is 0 Å².